The Morgan fingerprint density at radius 2 is 0.952 bits per heavy atom. The van der Waals surface area contributed by atoms with E-state index in [4.69, 9.17) is 0 Å². The van der Waals surface area contributed by atoms with Gasteiger partial charge in [-0.3, -0.25) is 0 Å². The highest BCUT2D eigenvalue weighted by atomic mass is 32.1. The molecule has 198 valence electrons. The summed E-state index contributed by atoms with van der Waals surface area (Å²) in [5.41, 5.74) is 8.36. The van der Waals surface area contributed by atoms with Crippen LogP contribution in [0.3, 0.4) is 0 Å². The summed E-state index contributed by atoms with van der Waals surface area (Å²) in [4.78, 5) is 2.37. The van der Waals surface area contributed by atoms with Crippen molar-refractivity contribution >= 4 is 59.3 Å². The molecule has 0 spiro atoms. The molecule has 0 unspecified atom stereocenters. The summed E-state index contributed by atoms with van der Waals surface area (Å²) in [7, 11) is 0. The minimum Gasteiger partial charge on any atom is -0.310 e. The average Bonchev–Trinajstić information content (AvgIpc) is 3.44. The van der Waals surface area contributed by atoms with Gasteiger partial charge < -0.3 is 4.90 Å². The Bertz CT molecular complexity index is 2180. The van der Waals surface area contributed by atoms with Crippen molar-refractivity contribution in [2.24, 2.45) is 0 Å². The van der Waals surface area contributed by atoms with Gasteiger partial charge in [-0.05, 0) is 76.2 Å². The predicted molar refractivity (Wildman–Crippen MR) is 182 cm³/mol. The van der Waals surface area contributed by atoms with E-state index in [-0.39, 0.29) is 0 Å². The first-order valence-corrected chi connectivity index (χ1v) is 15.1. The minimum atomic E-state index is 1.14. The van der Waals surface area contributed by atoms with Gasteiger partial charge in [0.15, 0.2) is 0 Å². The van der Waals surface area contributed by atoms with Crippen molar-refractivity contribution in [2.75, 3.05) is 4.90 Å². The van der Waals surface area contributed by atoms with E-state index in [2.05, 4.69) is 169 Å². The monoisotopic (exact) mass is 553 g/mol. The summed E-state index contributed by atoms with van der Waals surface area (Å²) >= 11 is 1.89. The molecule has 0 bridgehead atoms. The van der Waals surface area contributed by atoms with E-state index in [9.17, 15) is 0 Å². The molecule has 0 aliphatic heterocycles. The van der Waals surface area contributed by atoms with Crippen LogP contribution in [0.25, 0.3) is 53.2 Å². The maximum Gasteiger partial charge on any atom is 0.0468 e. The highest BCUT2D eigenvalue weighted by Crippen LogP contribution is 2.45. The first-order valence-electron chi connectivity index (χ1n) is 14.3. The summed E-state index contributed by atoms with van der Waals surface area (Å²) in [6.45, 7) is 0. The van der Waals surface area contributed by atoms with Crippen molar-refractivity contribution < 1.29 is 0 Å². The molecule has 0 aliphatic rings. The van der Waals surface area contributed by atoms with Crippen LogP contribution in [0.4, 0.5) is 17.1 Å². The summed E-state index contributed by atoms with van der Waals surface area (Å²) in [6, 6.07) is 59.0. The lowest BCUT2D eigenvalue weighted by Crippen LogP contribution is -2.09. The zero-order valence-corrected chi connectivity index (χ0v) is 23.8. The average molecular weight is 554 g/mol. The molecule has 0 atom stereocenters. The second-order valence-corrected chi connectivity index (χ2v) is 11.6. The molecule has 0 aliphatic carbocycles. The fraction of sp³-hybridized carbons (Fsp3) is 0. The molecule has 7 aromatic carbocycles. The first kappa shape index (κ1) is 24.6. The van der Waals surface area contributed by atoms with Crippen LogP contribution in [0.15, 0.2) is 164 Å². The van der Waals surface area contributed by atoms with E-state index in [1.165, 1.54) is 53.2 Å². The molecule has 0 N–H and O–H groups in total. The number of benzene rings is 7. The Kier molecular flexibility index (Phi) is 6.05. The fourth-order valence-corrected chi connectivity index (χ4v) is 7.26. The van der Waals surface area contributed by atoms with Crippen LogP contribution in [0, 0.1) is 0 Å². The lowest BCUT2D eigenvalue weighted by molar-refractivity contribution is 1.29. The Labute approximate surface area is 249 Å². The maximum absolute atomic E-state index is 2.40. The van der Waals surface area contributed by atoms with E-state index < -0.39 is 0 Å². The second-order valence-electron chi connectivity index (χ2n) is 10.6. The van der Waals surface area contributed by atoms with Crippen molar-refractivity contribution in [3.63, 3.8) is 0 Å². The zero-order chi connectivity index (χ0) is 27.9. The van der Waals surface area contributed by atoms with E-state index in [1.807, 2.05) is 11.3 Å². The number of thiophene rings is 1. The third kappa shape index (κ3) is 4.25. The first-order chi connectivity index (χ1) is 20.8. The molecule has 0 radical (unpaired) electrons. The lowest BCUT2D eigenvalue weighted by atomic mass is 9.95. The molecule has 2 heteroatoms. The Morgan fingerprint density at radius 1 is 0.357 bits per heavy atom. The van der Waals surface area contributed by atoms with Crippen molar-refractivity contribution in [1.82, 2.24) is 0 Å². The van der Waals surface area contributed by atoms with Crippen LogP contribution in [-0.2, 0) is 0 Å². The highest BCUT2D eigenvalue weighted by molar-refractivity contribution is 7.26. The molecule has 0 saturated heterocycles. The van der Waals surface area contributed by atoms with Gasteiger partial charge >= 0.3 is 0 Å². The number of hydrogen-bond acceptors (Lipinski definition) is 2. The van der Waals surface area contributed by atoms with Crippen LogP contribution in [0.2, 0.25) is 0 Å². The molecule has 1 aromatic heterocycles. The Hall–Kier alpha value is -5.18. The van der Waals surface area contributed by atoms with Crippen LogP contribution in [0.5, 0.6) is 0 Å². The summed E-state index contributed by atoms with van der Waals surface area (Å²) in [5, 5.41) is 5.20. The SMILES string of the molecule is c1ccc(-c2cccc(N(c3ccccc3)c3ccc4sc5c6ccccc6c(-c6ccccc6)cc5c4c3)c2)cc1. The topological polar surface area (TPSA) is 3.24 Å². The Balaban J connectivity index is 1.36. The van der Waals surface area contributed by atoms with Gasteiger partial charge in [-0.25, -0.2) is 0 Å². The molecule has 1 heterocycles. The van der Waals surface area contributed by atoms with Crippen LogP contribution < -0.4 is 4.90 Å². The maximum atomic E-state index is 2.40. The van der Waals surface area contributed by atoms with Gasteiger partial charge in [0.1, 0.15) is 0 Å². The van der Waals surface area contributed by atoms with Crippen LogP contribution in [-0.4, -0.2) is 0 Å². The number of rotatable bonds is 5. The van der Waals surface area contributed by atoms with Crippen LogP contribution >= 0.6 is 11.3 Å². The zero-order valence-electron chi connectivity index (χ0n) is 22.9. The van der Waals surface area contributed by atoms with Crippen molar-refractivity contribution in [3.8, 4) is 22.3 Å². The summed E-state index contributed by atoms with van der Waals surface area (Å²) in [6.07, 6.45) is 0. The van der Waals surface area contributed by atoms with Crippen molar-refractivity contribution in [3.05, 3.63) is 164 Å². The second kappa shape index (κ2) is 10.3. The van der Waals surface area contributed by atoms with Gasteiger partial charge in [-0.15, -0.1) is 11.3 Å². The van der Waals surface area contributed by atoms with Gasteiger partial charge in [0.2, 0.25) is 0 Å². The number of anilines is 3. The standard InChI is InChI=1S/C40H27NS/c1-4-13-28(14-5-1)30-17-12-20-32(25-30)41(31-18-8-3-9-19-31)33-23-24-39-37(26-33)38-27-36(29-15-6-2-7-16-29)34-21-10-11-22-35(34)40(38)42-39/h1-27H. The molecule has 1 nitrogen and oxygen atoms in total. The van der Waals surface area contributed by atoms with Gasteiger partial charge in [0.05, 0.1) is 0 Å². The van der Waals surface area contributed by atoms with Crippen molar-refractivity contribution in [2.45, 2.75) is 0 Å². The molecule has 8 rings (SSSR count). The molecule has 0 amide bonds. The molecule has 8 aromatic rings. The highest BCUT2D eigenvalue weighted by Gasteiger charge is 2.17. The van der Waals surface area contributed by atoms with Gasteiger partial charge in [-0.1, -0.05) is 115 Å². The number of para-hydroxylation sites is 1. The van der Waals surface area contributed by atoms with E-state index in [0.29, 0.717) is 0 Å². The quantitative estimate of drug-likeness (QED) is 0.205. The number of hydrogen-bond donors (Lipinski definition) is 0. The molecule has 0 fully saturated rings. The van der Waals surface area contributed by atoms with Gasteiger partial charge in [-0.2, -0.15) is 0 Å². The van der Waals surface area contributed by atoms with E-state index in [0.717, 1.165) is 17.1 Å². The lowest BCUT2D eigenvalue weighted by Gasteiger charge is -2.26. The molecular formula is C40H27NS. The number of fused-ring (bicyclic) bond motifs is 5. The Morgan fingerprint density at radius 3 is 1.71 bits per heavy atom. The largest absolute Gasteiger partial charge is 0.310 e. The smallest absolute Gasteiger partial charge is 0.0468 e. The normalized spacial score (nSPS) is 11.3. The van der Waals surface area contributed by atoms with Gasteiger partial charge in [0.25, 0.3) is 0 Å². The van der Waals surface area contributed by atoms with E-state index >= 15 is 0 Å². The summed E-state index contributed by atoms with van der Waals surface area (Å²) < 4.78 is 2.64. The molecule has 0 saturated carbocycles. The number of nitrogens with zero attached hydrogens (tertiary/aromatic N) is 1. The molecule has 42 heavy (non-hydrogen) atoms. The third-order valence-corrected chi connectivity index (χ3v) is 9.25. The minimum absolute atomic E-state index is 1.14. The predicted octanol–water partition coefficient (Wildman–Crippen LogP) is 12.0. The van der Waals surface area contributed by atoms with Gasteiger partial charge in [0, 0.05) is 42.6 Å². The van der Waals surface area contributed by atoms with E-state index in [1.54, 1.807) is 0 Å². The fourth-order valence-electron chi connectivity index (χ4n) is 6.06. The van der Waals surface area contributed by atoms with Crippen LogP contribution in [0.1, 0.15) is 0 Å². The van der Waals surface area contributed by atoms with Crippen molar-refractivity contribution in [1.29, 1.82) is 0 Å². The summed E-state index contributed by atoms with van der Waals surface area (Å²) in [5.74, 6) is 0. The molecular weight excluding hydrogens is 527 g/mol. The third-order valence-electron chi connectivity index (χ3n) is 8.03.